The van der Waals surface area contributed by atoms with Crippen molar-refractivity contribution in [2.75, 3.05) is 11.9 Å². The minimum Gasteiger partial charge on any atom is -0.452 e. The normalized spacial score (nSPS) is 10.1. The predicted octanol–water partition coefficient (Wildman–Crippen LogP) is 4.55. The Bertz CT molecular complexity index is 704. The monoisotopic (exact) mass is 401 g/mol. The summed E-state index contributed by atoms with van der Waals surface area (Å²) < 4.78 is 5.81. The zero-order valence-electron chi connectivity index (χ0n) is 11.1. The molecule has 0 heterocycles. The molecule has 114 valence electrons. The van der Waals surface area contributed by atoms with Gasteiger partial charge >= 0.3 is 5.97 Å². The molecule has 0 atom stereocenters. The Morgan fingerprint density at radius 1 is 1.09 bits per heavy atom. The highest BCUT2D eigenvalue weighted by Crippen LogP contribution is 2.26. The molecule has 0 unspecified atom stereocenters. The summed E-state index contributed by atoms with van der Waals surface area (Å²) in [6, 6.07) is 11.6. The zero-order valence-corrected chi connectivity index (χ0v) is 14.2. The van der Waals surface area contributed by atoms with Gasteiger partial charge in [-0.3, -0.25) is 4.79 Å². The molecule has 0 bridgehead atoms. The van der Waals surface area contributed by atoms with E-state index < -0.39 is 18.5 Å². The highest BCUT2D eigenvalue weighted by molar-refractivity contribution is 9.10. The lowest BCUT2D eigenvalue weighted by Crippen LogP contribution is -2.21. The number of benzene rings is 2. The smallest absolute Gasteiger partial charge is 0.340 e. The molecule has 0 fully saturated rings. The van der Waals surface area contributed by atoms with Gasteiger partial charge in [-0.15, -0.1) is 0 Å². The fourth-order valence-corrected chi connectivity index (χ4v) is 2.24. The zero-order chi connectivity index (χ0) is 16.1. The number of amides is 1. The first kappa shape index (κ1) is 16.8. The van der Waals surface area contributed by atoms with E-state index in [1.807, 2.05) is 0 Å². The Balaban J connectivity index is 1.92. The van der Waals surface area contributed by atoms with Crippen LogP contribution in [0.25, 0.3) is 0 Å². The van der Waals surface area contributed by atoms with Crippen molar-refractivity contribution in [2.45, 2.75) is 0 Å². The van der Waals surface area contributed by atoms with Crippen LogP contribution in [0.2, 0.25) is 10.0 Å². The summed E-state index contributed by atoms with van der Waals surface area (Å²) in [6.45, 7) is -0.419. The third-order valence-corrected chi connectivity index (χ3v) is 3.98. The van der Waals surface area contributed by atoms with Gasteiger partial charge in [0.2, 0.25) is 0 Å². The quantitative estimate of drug-likeness (QED) is 0.763. The van der Waals surface area contributed by atoms with E-state index in [-0.39, 0.29) is 15.6 Å². The molecular weight excluding hydrogens is 393 g/mol. The minimum absolute atomic E-state index is 0.0995. The van der Waals surface area contributed by atoms with Gasteiger partial charge in [0.1, 0.15) is 0 Å². The second kappa shape index (κ2) is 7.63. The van der Waals surface area contributed by atoms with Gasteiger partial charge in [-0.25, -0.2) is 4.79 Å². The average Bonchev–Trinajstić information content (AvgIpc) is 2.50. The van der Waals surface area contributed by atoms with Crippen molar-refractivity contribution >= 4 is 56.7 Å². The maximum Gasteiger partial charge on any atom is 0.340 e. The van der Waals surface area contributed by atoms with Crippen molar-refractivity contribution in [3.05, 3.63) is 62.5 Å². The maximum atomic E-state index is 11.9. The van der Waals surface area contributed by atoms with Crippen LogP contribution in [0.4, 0.5) is 5.69 Å². The van der Waals surface area contributed by atoms with Gasteiger partial charge < -0.3 is 10.1 Å². The van der Waals surface area contributed by atoms with E-state index in [1.165, 1.54) is 6.07 Å². The largest absolute Gasteiger partial charge is 0.452 e. The van der Waals surface area contributed by atoms with Crippen molar-refractivity contribution in [1.29, 1.82) is 0 Å². The molecule has 0 aromatic heterocycles. The lowest BCUT2D eigenvalue weighted by atomic mass is 10.2. The molecule has 2 aromatic rings. The van der Waals surface area contributed by atoms with Crippen LogP contribution in [-0.4, -0.2) is 18.5 Å². The highest BCUT2D eigenvalue weighted by Gasteiger charge is 2.15. The number of hydrogen-bond acceptors (Lipinski definition) is 3. The average molecular weight is 403 g/mol. The second-order valence-corrected chi connectivity index (χ2v) is 5.93. The van der Waals surface area contributed by atoms with Gasteiger partial charge in [-0.1, -0.05) is 45.2 Å². The van der Waals surface area contributed by atoms with E-state index in [2.05, 4.69) is 21.2 Å². The number of anilines is 1. The molecule has 7 heteroatoms. The molecule has 0 saturated heterocycles. The Kier molecular flexibility index (Phi) is 5.83. The SMILES string of the molecule is O=C(COC(=O)c1cccc(Cl)c1Cl)Nc1ccc(Br)cc1. The summed E-state index contributed by atoms with van der Waals surface area (Å²) in [7, 11) is 0. The van der Waals surface area contributed by atoms with Gasteiger partial charge in [0.15, 0.2) is 6.61 Å². The Hall–Kier alpha value is -1.56. The van der Waals surface area contributed by atoms with Crippen LogP contribution in [0, 0.1) is 0 Å². The highest BCUT2D eigenvalue weighted by atomic mass is 79.9. The molecular formula is C15H10BrCl2NO3. The first-order valence-electron chi connectivity index (χ1n) is 6.14. The lowest BCUT2D eigenvalue weighted by Gasteiger charge is -2.08. The number of esters is 1. The van der Waals surface area contributed by atoms with Gasteiger partial charge in [0, 0.05) is 10.2 Å². The van der Waals surface area contributed by atoms with Crippen molar-refractivity contribution in [1.82, 2.24) is 0 Å². The predicted molar refractivity (Wildman–Crippen MR) is 89.5 cm³/mol. The summed E-state index contributed by atoms with van der Waals surface area (Å²) in [5.74, 6) is -1.16. The molecule has 0 radical (unpaired) electrons. The molecule has 1 amide bonds. The van der Waals surface area contributed by atoms with Gasteiger partial charge in [-0.2, -0.15) is 0 Å². The molecule has 0 spiro atoms. The number of ether oxygens (including phenoxy) is 1. The van der Waals surface area contributed by atoms with Crippen LogP contribution in [0.3, 0.4) is 0 Å². The van der Waals surface area contributed by atoms with Crippen LogP contribution in [-0.2, 0) is 9.53 Å². The van der Waals surface area contributed by atoms with Gasteiger partial charge in [-0.05, 0) is 36.4 Å². The number of rotatable bonds is 4. The van der Waals surface area contributed by atoms with Crippen LogP contribution < -0.4 is 5.32 Å². The number of hydrogen-bond donors (Lipinski definition) is 1. The summed E-state index contributed by atoms with van der Waals surface area (Å²) in [6.07, 6.45) is 0. The fraction of sp³-hybridized carbons (Fsp3) is 0.0667. The first-order valence-corrected chi connectivity index (χ1v) is 7.69. The Morgan fingerprint density at radius 3 is 2.45 bits per heavy atom. The van der Waals surface area contributed by atoms with E-state index in [0.717, 1.165) is 4.47 Å². The fourth-order valence-electron chi connectivity index (χ4n) is 1.60. The molecule has 22 heavy (non-hydrogen) atoms. The first-order chi connectivity index (χ1) is 10.5. The van der Waals surface area contributed by atoms with Crippen molar-refractivity contribution in [3.8, 4) is 0 Å². The second-order valence-electron chi connectivity index (χ2n) is 4.23. The molecule has 1 N–H and O–H groups in total. The number of carbonyl (C=O) groups excluding carboxylic acids is 2. The topological polar surface area (TPSA) is 55.4 Å². The van der Waals surface area contributed by atoms with E-state index in [9.17, 15) is 9.59 Å². The number of carbonyl (C=O) groups is 2. The molecule has 0 aliphatic rings. The van der Waals surface area contributed by atoms with Crippen molar-refractivity contribution in [2.24, 2.45) is 0 Å². The molecule has 0 aliphatic carbocycles. The molecule has 0 aliphatic heterocycles. The Labute approximate surface area is 145 Å². The third kappa shape index (κ3) is 4.47. The number of halogens is 3. The van der Waals surface area contributed by atoms with Crippen molar-refractivity contribution in [3.63, 3.8) is 0 Å². The van der Waals surface area contributed by atoms with E-state index in [1.54, 1.807) is 36.4 Å². The van der Waals surface area contributed by atoms with E-state index in [0.29, 0.717) is 5.69 Å². The van der Waals surface area contributed by atoms with Gasteiger partial charge in [0.05, 0.1) is 15.6 Å². The molecule has 4 nitrogen and oxygen atoms in total. The molecule has 0 saturated carbocycles. The minimum atomic E-state index is -0.710. The summed E-state index contributed by atoms with van der Waals surface area (Å²) in [4.78, 5) is 23.6. The van der Waals surface area contributed by atoms with E-state index >= 15 is 0 Å². The summed E-state index contributed by atoms with van der Waals surface area (Å²) >= 11 is 15.0. The summed E-state index contributed by atoms with van der Waals surface area (Å²) in [5.41, 5.74) is 0.718. The van der Waals surface area contributed by atoms with Gasteiger partial charge in [0.25, 0.3) is 5.91 Å². The van der Waals surface area contributed by atoms with Crippen LogP contribution in [0.1, 0.15) is 10.4 Å². The van der Waals surface area contributed by atoms with Crippen molar-refractivity contribution < 1.29 is 14.3 Å². The molecule has 2 rings (SSSR count). The summed E-state index contributed by atoms with van der Waals surface area (Å²) in [5, 5.41) is 2.95. The molecule has 2 aromatic carbocycles. The van der Waals surface area contributed by atoms with Crippen LogP contribution in [0.5, 0.6) is 0 Å². The standard InChI is InChI=1S/C15H10BrCl2NO3/c16-9-4-6-10(7-5-9)19-13(20)8-22-15(21)11-2-1-3-12(17)14(11)18/h1-7H,8H2,(H,19,20). The van der Waals surface area contributed by atoms with E-state index in [4.69, 9.17) is 27.9 Å². The number of nitrogens with one attached hydrogen (secondary N) is 1. The third-order valence-electron chi connectivity index (χ3n) is 2.63. The maximum absolute atomic E-state index is 11.9. The van der Waals surface area contributed by atoms with Crippen LogP contribution in [0.15, 0.2) is 46.9 Å². The van der Waals surface area contributed by atoms with Crippen LogP contribution >= 0.6 is 39.1 Å². The lowest BCUT2D eigenvalue weighted by molar-refractivity contribution is -0.119. The Morgan fingerprint density at radius 2 is 1.77 bits per heavy atom.